The van der Waals surface area contributed by atoms with Gasteiger partial charge in [-0.05, 0) is 19.3 Å². The minimum absolute atomic E-state index is 0.0314. The Bertz CT molecular complexity index is 390. The molecule has 0 radical (unpaired) electrons. The highest BCUT2D eigenvalue weighted by atomic mass is 16.2. The Morgan fingerprint density at radius 3 is 2.94 bits per heavy atom. The first-order valence-electron chi connectivity index (χ1n) is 6.32. The standard InChI is InChI=1S/C12H18N4O2/c1-14-11(17)8-5-10(15-7-8)12(18)16-4-2-3-9(16)6-13/h8-10,15H,2-5,7H2,1H3,(H,14,17)/t8-,9-,10-/m0/s1. The molecule has 2 rings (SSSR count). The summed E-state index contributed by atoms with van der Waals surface area (Å²) in [5.74, 6) is -0.214. The summed E-state index contributed by atoms with van der Waals surface area (Å²) in [7, 11) is 1.60. The van der Waals surface area contributed by atoms with Crippen LogP contribution in [0.2, 0.25) is 0 Å². The van der Waals surface area contributed by atoms with Gasteiger partial charge in [0.25, 0.3) is 0 Å². The van der Waals surface area contributed by atoms with E-state index in [-0.39, 0.29) is 29.8 Å². The number of carbonyl (C=O) groups is 2. The van der Waals surface area contributed by atoms with E-state index in [1.165, 1.54) is 0 Å². The number of rotatable bonds is 2. The topological polar surface area (TPSA) is 85.2 Å². The molecule has 0 aliphatic carbocycles. The van der Waals surface area contributed by atoms with Crippen LogP contribution < -0.4 is 10.6 Å². The van der Waals surface area contributed by atoms with Gasteiger partial charge in [0.15, 0.2) is 0 Å². The average Bonchev–Trinajstić information content (AvgIpc) is 3.05. The Morgan fingerprint density at radius 1 is 1.50 bits per heavy atom. The quantitative estimate of drug-likeness (QED) is 0.673. The second-order valence-corrected chi connectivity index (χ2v) is 4.83. The van der Waals surface area contributed by atoms with E-state index in [0.29, 0.717) is 19.5 Å². The number of amides is 2. The molecule has 0 unspecified atom stereocenters. The third-order valence-corrected chi connectivity index (χ3v) is 3.73. The van der Waals surface area contributed by atoms with Gasteiger partial charge >= 0.3 is 0 Å². The van der Waals surface area contributed by atoms with Gasteiger partial charge in [-0.1, -0.05) is 0 Å². The van der Waals surface area contributed by atoms with Gasteiger partial charge in [-0.3, -0.25) is 9.59 Å². The first-order chi connectivity index (χ1) is 8.67. The molecule has 6 nitrogen and oxygen atoms in total. The molecule has 98 valence electrons. The van der Waals surface area contributed by atoms with Crippen LogP contribution in [0.3, 0.4) is 0 Å². The number of likely N-dealkylation sites (tertiary alicyclic amines) is 1. The lowest BCUT2D eigenvalue weighted by molar-refractivity contribution is -0.133. The highest BCUT2D eigenvalue weighted by Crippen LogP contribution is 2.22. The zero-order valence-electron chi connectivity index (χ0n) is 10.5. The summed E-state index contributed by atoms with van der Waals surface area (Å²) in [6.07, 6.45) is 2.16. The van der Waals surface area contributed by atoms with Gasteiger partial charge in [0.1, 0.15) is 6.04 Å². The van der Waals surface area contributed by atoms with Crippen LogP contribution in [-0.2, 0) is 9.59 Å². The molecular weight excluding hydrogens is 232 g/mol. The van der Waals surface area contributed by atoms with E-state index in [2.05, 4.69) is 16.7 Å². The smallest absolute Gasteiger partial charge is 0.240 e. The van der Waals surface area contributed by atoms with Crippen molar-refractivity contribution in [2.75, 3.05) is 20.1 Å². The molecule has 0 saturated carbocycles. The van der Waals surface area contributed by atoms with Crippen molar-refractivity contribution in [1.82, 2.24) is 15.5 Å². The highest BCUT2D eigenvalue weighted by Gasteiger charge is 2.38. The van der Waals surface area contributed by atoms with Crippen molar-refractivity contribution in [1.29, 1.82) is 5.26 Å². The number of nitrogens with zero attached hydrogens (tertiary/aromatic N) is 2. The SMILES string of the molecule is CNC(=O)[C@@H]1CN[C@H](C(=O)N2CCC[C@H]2C#N)C1. The minimum atomic E-state index is -0.318. The first kappa shape index (κ1) is 12.8. The van der Waals surface area contributed by atoms with Crippen molar-refractivity contribution in [2.45, 2.75) is 31.3 Å². The molecule has 18 heavy (non-hydrogen) atoms. The van der Waals surface area contributed by atoms with Crippen LogP contribution in [0.1, 0.15) is 19.3 Å². The summed E-state index contributed by atoms with van der Waals surface area (Å²) in [5.41, 5.74) is 0. The maximum atomic E-state index is 12.3. The summed E-state index contributed by atoms with van der Waals surface area (Å²) in [4.78, 5) is 25.4. The number of nitriles is 1. The van der Waals surface area contributed by atoms with Crippen LogP contribution in [-0.4, -0.2) is 48.9 Å². The van der Waals surface area contributed by atoms with E-state index < -0.39 is 0 Å². The molecular formula is C12H18N4O2. The van der Waals surface area contributed by atoms with Gasteiger partial charge in [0.2, 0.25) is 11.8 Å². The third-order valence-electron chi connectivity index (χ3n) is 3.73. The molecule has 2 amide bonds. The Kier molecular flexibility index (Phi) is 3.82. The van der Waals surface area contributed by atoms with Crippen molar-refractivity contribution >= 4 is 11.8 Å². The number of carbonyl (C=O) groups excluding carboxylic acids is 2. The van der Waals surface area contributed by atoms with Crippen LogP contribution in [0.4, 0.5) is 0 Å². The van der Waals surface area contributed by atoms with E-state index in [4.69, 9.17) is 5.26 Å². The second kappa shape index (κ2) is 5.36. The predicted octanol–water partition coefficient (Wildman–Crippen LogP) is -0.775. The largest absolute Gasteiger partial charge is 0.359 e. The lowest BCUT2D eigenvalue weighted by Crippen LogP contribution is -2.45. The van der Waals surface area contributed by atoms with Gasteiger partial charge in [-0.2, -0.15) is 5.26 Å². The van der Waals surface area contributed by atoms with Crippen LogP contribution in [0.25, 0.3) is 0 Å². The molecule has 0 bridgehead atoms. The van der Waals surface area contributed by atoms with Crippen molar-refractivity contribution < 1.29 is 9.59 Å². The Labute approximate surface area is 106 Å². The van der Waals surface area contributed by atoms with Gasteiger partial charge < -0.3 is 15.5 Å². The summed E-state index contributed by atoms with van der Waals surface area (Å²) in [6, 6.07) is 1.55. The molecule has 2 aliphatic heterocycles. The van der Waals surface area contributed by atoms with E-state index in [9.17, 15) is 9.59 Å². The summed E-state index contributed by atoms with van der Waals surface area (Å²) >= 11 is 0. The zero-order valence-corrected chi connectivity index (χ0v) is 10.5. The maximum absolute atomic E-state index is 12.3. The zero-order chi connectivity index (χ0) is 13.1. The van der Waals surface area contributed by atoms with Crippen LogP contribution in [0.5, 0.6) is 0 Å². The molecule has 0 aromatic carbocycles. The monoisotopic (exact) mass is 250 g/mol. The summed E-state index contributed by atoms with van der Waals surface area (Å²) in [5, 5.41) is 14.7. The molecule has 0 aromatic heterocycles. The first-order valence-corrected chi connectivity index (χ1v) is 6.32. The molecule has 0 aromatic rings. The Hall–Kier alpha value is -1.61. The fourth-order valence-corrected chi connectivity index (χ4v) is 2.69. The predicted molar refractivity (Wildman–Crippen MR) is 64.3 cm³/mol. The van der Waals surface area contributed by atoms with Crippen molar-refractivity contribution in [3.05, 3.63) is 0 Å². The Morgan fingerprint density at radius 2 is 2.28 bits per heavy atom. The third kappa shape index (κ3) is 2.31. The molecule has 3 atom stereocenters. The summed E-state index contributed by atoms with van der Waals surface area (Å²) in [6.45, 7) is 1.18. The number of hydrogen-bond acceptors (Lipinski definition) is 4. The molecule has 0 spiro atoms. The van der Waals surface area contributed by atoms with Crippen LogP contribution in [0.15, 0.2) is 0 Å². The van der Waals surface area contributed by atoms with Gasteiger partial charge in [0, 0.05) is 20.1 Å². The normalized spacial score (nSPS) is 31.1. The van der Waals surface area contributed by atoms with Crippen molar-refractivity contribution in [2.24, 2.45) is 5.92 Å². The lowest BCUT2D eigenvalue weighted by Gasteiger charge is -2.23. The second-order valence-electron chi connectivity index (χ2n) is 4.83. The molecule has 2 fully saturated rings. The van der Waals surface area contributed by atoms with E-state index in [0.717, 1.165) is 12.8 Å². The van der Waals surface area contributed by atoms with Crippen molar-refractivity contribution in [3.8, 4) is 6.07 Å². The van der Waals surface area contributed by atoms with Gasteiger partial charge in [0.05, 0.1) is 18.0 Å². The fourth-order valence-electron chi connectivity index (χ4n) is 2.69. The Balaban J connectivity index is 1.95. The fraction of sp³-hybridized carbons (Fsp3) is 0.750. The molecule has 2 N–H and O–H groups in total. The molecule has 2 heterocycles. The molecule has 2 aliphatic rings. The minimum Gasteiger partial charge on any atom is -0.359 e. The maximum Gasteiger partial charge on any atom is 0.240 e. The average molecular weight is 250 g/mol. The van der Waals surface area contributed by atoms with E-state index in [1.54, 1.807) is 11.9 Å². The van der Waals surface area contributed by atoms with E-state index >= 15 is 0 Å². The number of nitrogens with one attached hydrogen (secondary N) is 2. The van der Waals surface area contributed by atoms with Gasteiger partial charge in [-0.25, -0.2) is 0 Å². The van der Waals surface area contributed by atoms with Crippen molar-refractivity contribution in [3.63, 3.8) is 0 Å². The number of hydrogen-bond donors (Lipinski definition) is 2. The van der Waals surface area contributed by atoms with Crippen LogP contribution >= 0.6 is 0 Å². The van der Waals surface area contributed by atoms with Crippen LogP contribution in [0, 0.1) is 17.2 Å². The van der Waals surface area contributed by atoms with Gasteiger partial charge in [-0.15, -0.1) is 0 Å². The highest BCUT2D eigenvalue weighted by molar-refractivity contribution is 5.86. The van der Waals surface area contributed by atoms with E-state index in [1.807, 2.05) is 0 Å². The lowest BCUT2D eigenvalue weighted by atomic mass is 10.0. The molecule has 6 heteroatoms. The molecule has 2 saturated heterocycles. The summed E-state index contributed by atoms with van der Waals surface area (Å²) < 4.78 is 0.